The molecule has 0 bridgehead atoms. The fourth-order valence-corrected chi connectivity index (χ4v) is 0. The van der Waals surface area contributed by atoms with Crippen molar-refractivity contribution < 1.29 is 5.11 Å². The molecule has 0 aliphatic carbocycles. The first-order valence-electron chi connectivity index (χ1n) is 1.39. The molecule has 0 aliphatic heterocycles. The Balaban J connectivity index is 3.55. The maximum Gasteiger partial charge on any atom is 0.223 e. The van der Waals surface area contributed by atoms with Crippen LogP contribution in [0.25, 0.3) is 0 Å². The fourth-order valence-electron chi connectivity index (χ4n) is 0. The second-order valence-electron chi connectivity index (χ2n) is 1.07. The van der Waals surface area contributed by atoms with Crippen molar-refractivity contribution in [2.45, 2.75) is 12.0 Å². The minimum absolute atomic E-state index is 1.20. The first-order chi connectivity index (χ1) is 2.56. The predicted octanol–water partition coefficient (Wildman–Crippen LogP) is 0.457. The van der Waals surface area contributed by atoms with E-state index in [0.29, 0.717) is 0 Å². The summed E-state index contributed by atoms with van der Waals surface area (Å²) < 4.78 is 0. The van der Waals surface area contributed by atoms with Crippen LogP contribution < -0.4 is 0 Å². The molecular formula is C3H4ClNO. The van der Waals surface area contributed by atoms with Gasteiger partial charge in [0.2, 0.25) is 5.06 Å². The molecule has 0 rings (SSSR count). The molecule has 0 aliphatic rings. The monoisotopic (exact) mass is 105 g/mol. The zero-order valence-electron chi connectivity index (χ0n) is 3.27. The Bertz CT molecular complexity index is 77.8. The standard InChI is InChI=1S/C3H4ClNO/c1-3(4,6)2-5/h6H,1H3. The van der Waals surface area contributed by atoms with Gasteiger partial charge in [-0.3, -0.25) is 0 Å². The lowest BCUT2D eigenvalue weighted by molar-refractivity contribution is 0.208. The van der Waals surface area contributed by atoms with E-state index in [1.54, 1.807) is 0 Å². The second-order valence-corrected chi connectivity index (χ2v) is 1.80. The van der Waals surface area contributed by atoms with Gasteiger partial charge in [0, 0.05) is 0 Å². The van der Waals surface area contributed by atoms with Gasteiger partial charge in [-0.25, -0.2) is 0 Å². The number of nitrogens with zero attached hydrogens (tertiary/aromatic N) is 1. The van der Waals surface area contributed by atoms with Crippen LogP contribution in [0.2, 0.25) is 0 Å². The van der Waals surface area contributed by atoms with Gasteiger partial charge in [0.25, 0.3) is 0 Å². The molecule has 6 heavy (non-hydrogen) atoms. The summed E-state index contributed by atoms with van der Waals surface area (Å²) in [5, 5.41) is 14.3. The first-order valence-corrected chi connectivity index (χ1v) is 1.76. The SMILES string of the molecule is CC(O)(Cl)C#N. The maximum absolute atomic E-state index is 8.23. The molecule has 1 atom stereocenters. The minimum Gasteiger partial charge on any atom is -0.364 e. The van der Waals surface area contributed by atoms with E-state index in [0.717, 1.165) is 0 Å². The van der Waals surface area contributed by atoms with E-state index < -0.39 is 5.06 Å². The van der Waals surface area contributed by atoms with E-state index in [4.69, 9.17) is 22.0 Å². The van der Waals surface area contributed by atoms with E-state index in [9.17, 15) is 0 Å². The Hall–Kier alpha value is -0.260. The minimum atomic E-state index is -1.68. The summed E-state index contributed by atoms with van der Waals surface area (Å²) in [5.74, 6) is 0. The van der Waals surface area contributed by atoms with E-state index >= 15 is 0 Å². The van der Waals surface area contributed by atoms with Crippen molar-refractivity contribution >= 4 is 11.6 Å². The maximum atomic E-state index is 8.23. The van der Waals surface area contributed by atoms with E-state index in [1.807, 2.05) is 0 Å². The van der Waals surface area contributed by atoms with Crippen molar-refractivity contribution in [3.05, 3.63) is 0 Å². The number of alkyl halides is 1. The van der Waals surface area contributed by atoms with Crippen molar-refractivity contribution in [2.24, 2.45) is 0 Å². The Morgan fingerprint density at radius 1 is 2.00 bits per heavy atom. The van der Waals surface area contributed by atoms with E-state index in [2.05, 4.69) is 0 Å². The highest BCUT2D eigenvalue weighted by Gasteiger charge is 2.11. The molecule has 0 fully saturated rings. The van der Waals surface area contributed by atoms with Crippen LogP contribution in [0.1, 0.15) is 6.92 Å². The molecule has 0 radical (unpaired) electrons. The highest BCUT2D eigenvalue weighted by atomic mass is 35.5. The number of nitriles is 1. The van der Waals surface area contributed by atoms with Crippen LogP contribution >= 0.6 is 11.6 Å². The lowest BCUT2D eigenvalue weighted by Crippen LogP contribution is -2.09. The molecule has 3 heteroatoms. The highest BCUT2D eigenvalue weighted by molar-refractivity contribution is 6.24. The summed E-state index contributed by atoms with van der Waals surface area (Å²) in [5.41, 5.74) is 0. The molecule has 0 spiro atoms. The van der Waals surface area contributed by atoms with Gasteiger partial charge < -0.3 is 5.11 Å². The number of aliphatic hydroxyl groups is 1. The normalized spacial score (nSPS) is 18.3. The molecule has 1 unspecified atom stereocenters. The van der Waals surface area contributed by atoms with Gasteiger partial charge in [0.05, 0.1) is 0 Å². The van der Waals surface area contributed by atoms with Gasteiger partial charge >= 0.3 is 0 Å². The van der Waals surface area contributed by atoms with Gasteiger partial charge in [0.1, 0.15) is 6.07 Å². The Labute approximate surface area is 41.0 Å². The smallest absolute Gasteiger partial charge is 0.223 e. The van der Waals surface area contributed by atoms with Gasteiger partial charge in [0.15, 0.2) is 0 Å². The quantitative estimate of drug-likeness (QED) is 0.359. The van der Waals surface area contributed by atoms with Gasteiger partial charge in [-0.2, -0.15) is 5.26 Å². The second kappa shape index (κ2) is 1.46. The summed E-state index contributed by atoms with van der Waals surface area (Å²) in [4.78, 5) is 0. The zero-order valence-corrected chi connectivity index (χ0v) is 4.03. The molecule has 1 N–H and O–H groups in total. The average molecular weight is 106 g/mol. The van der Waals surface area contributed by atoms with Gasteiger partial charge in [-0.15, -0.1) is 0 Å². The highest BCUT2D eigenvalue weighted by Crippen LogP contribution is 2.04. The summed E-state index contributed by atoms with van der Waals surface area (Å²) in [6, 6.07) is 1.43. The lowest BCUT2D eigenvalue weighted by atomic mass is 10.5. The van der Waals surface area contributed by atoms with Crippen molar-refractivity contribution in [1.82, 2.24) is 0 Å². The molecular weight excluding hydrogens is 101 g/mol. The molecule has 0 aromatic carbocycles. The summed E-state index contributed by atoms with van der Waals surface area (Å²) in [6.45, 7) is 1.20. The number of hydrogen-bond acceptors (Lipinski definition) is 2. The molecule has 0 heterocycles. The lowest BCUT2D eigenvalue weighted by Gasteiger charge is -1.97. The third kappa shape index (κ3) is 3.74. The van der Waals surface area contributed by atoms with Crippen LogP contribution in [-0.4, -0.2) is 10.2 Å². The number of rotatable bonds is 0. The van der Waals surface area contributed by atoms with Crippen LogP contribution in [0, 0.1) is 11.3 Å². The van der Waals surface area contributed by atoms with Crippen molar-refractivity contribution in [2.75, 3.05) is 0 Å². The third-order valence-electron chi connectivity index (χ3n) is 0.204. The van der Waals surface area contributed by atoms with Gasteiger partial charge in [-0.05, 0) is 6.92 Å². The van der Waals surface area contributed by atoms with Crippen molar-refractivity contribution in [3.63, 3.8) is 0 Å². The fraction of sp³-hybridized carbons (Fsp3) is 0.667. The Kier molecular flexibility index (Phi) is 1.40. The molecule has 0 aromatic heterocycles. The molecule has 0 saturated heterocycles. The summed E-state index contributed by atoms with van der Waals surface area (Å²) in [7, 11) is 0. The van der Waals surface area contributed by atoms with Crippen LogP contribution in [0.5, 0.6) is 0 Å². The first kappa shape index (κ1) is 5.74. The molecule has 0 aromatic rings. The molecule has 0 saturated carbocycles. The van der Waals surface area contributed by atoms with Gasteiger partial charge in [-0.1, -0.05) is 11.6 Å². The van der Waals surface area contributed by atoms with Crippen LogP contribution in [0.3, 0.4) is 0 Å². The third-order valence-corrected chi connectivity index (χ3v) is 0.289. The summed E-state index contributed by atoms with van der Waals surface area (Å²) in [6.07, 6.45) is 0. The van der Waals surface area contributed by atoms with Crippen LogP contribution in [0.15, 0.2) is 0 Å². The predicted molar refractivity (Wildman–Crippen MR) is 22.1 cm³/mol. The average Bonchev–Trinajstić information content (AvgIpc) is 1.35. The zero-order chi connectivity index (χ0) is 5.21. The number of hydrogen-bond donors (Lipinski definition) is 1. The van der Waals surface area contributed by atoms with Crippen LogP contribution in [0.4, 0.5) is 0 Å². The summed E-state index contributed by atoms with van der Waals surface area (Å²) >= 11 is 4.91. The van der Waals surface area contributed by atoms with E-state index in [-0.39, 0.29) is 0 Å². The number of halogens is 1. The van der Waals surface area contributed by atoms with Crippen molar-refractivity contribution in [1.29, 1.82) is 5.26 Å². The molecule has 0 amide bonds. The molecule has 2 nitrogen and oxygen atoms in total. The van der Waals surface area contributed by atoms with E-state index in [1.165, 1.54) is 13.0 Å². The topological polar surface area (TPSA) is 44.0 Å². The molecule has 34 valence electrons. The Morgan fingerprint density at radius 2 is 2.17 bits per heavy atom. The Morgan fingerprint density at radius 3 is 2.17 bits per heavy atom. The van der Waals surface area contributed by atoms with Crippen molar-refractivity contribution in [3.8, 4) is 6.07 Å². The van der Waals surface area contributed by atoms with Crippen LogP contribution in [-0.2, 0) is 0 Å². The largest absolute Gasteiger partial charge is 0.364 e.